The Balaban J connectivity index is 1.92. The van der Waals surface area contributed by atoms with Gasteiger partial charge in [-0.05, 0) is 28.3 Å². The summed E-state index contributed by atoms with van der Waals surface area (Å²) in [4.78, 5) is 0. The molecular weight excluding hydrogens is 303 g/mol. The van der Waals surface area contributed by atoms with E-state index in [0.717, 1.165) is 11.1 Å². The second kappa shape index (κ2) is 5.35. The molecule has 0 unspecified atom stereocenters. The van der Waals surface area contributed by atoms with Crippen molar-refractivity contribution in [1.29, 1.82) is 0 Å². The summed E-state index contributed by atoms with van der Waals surface area (Å²) in [5.74, 6) is -0.0106. The molecule has 0 amide bonds. The second-order valence-electron chi connectivity index (χ2n) is 6.07. The molecule has 2 aliphatic rings. The summed E-state index contributed by atoms with van der Waals surface area (Å²) < 4.78 is 46.3. The summed E-state index contributed by atoms with van der Waals surface area (Å²) >= 11 is 0. The number of hydrogen-bond acceptors (Lipinski definition) is 2. The monoisotopic (exact) mass is 319 g/mol. The maximum absolute atomic E-state index is 13.5. The summed E-state index contributed by atoms with van der Waals surface area (Å²) in [7, 11) is 0. The first-order valence-corrected chi connectivity index (χ1v) is 7.66. The van der Waals surface area contributed by atoms with E-state index in [1.807, 2.05) is 36.4 Å². The van der Waals surface area contributed by atoms with Crippen LogP contribution < -0.4 is 5.32 Å². The van der Waals surface area contributed by atoms with E-state index in [2.05, 4.69) is 5.32 Å². The van der Waals surface area contributed by atoms with Gasteiger partial charge in [-0.1, -0.05) is 36.4 Å². The number of benzene rings is 2. The maximum atomic E-state index is 13.5. The number of alkyl halides is 3. The molecule has 2 heterocycles. The van der Waals surface area contributed by atoms with Crippen molar-refractivity contribution in [2.24, 2.45) is 0 Å². The lowest BCUT2D eigenvalue weighted by Gasteiger charge is -2.31. The highest BCUT2D eigenvalue weighted by Crippen LogP contribution is 2.43. The quantitative estimate of drug-likeness (QED) is 0.859. The van der Waals surface area contributed by atoms with Crippen molar-refractivity contribution < 1.29 is 17.9 Å². The summed E-state index contributed by atoms with van der Waals surface area (Å²) in [5, 5.41) is 3.22. The Kier molecular flexibility index (Phi) is 3.43. The lowest BCUT2D eigenvalue weighted by molar-refractivity contribution is -0.139. The van der Waals surface area contributed by atoms with E-state index < -0.39 is 11.7 Å². The van der Waals surface area contributed by atoms with Crippen molar-refractivity contribution in [1.82, 2.24) is 5.32 Å². The zero-order valence-corrected chi connectivity index (χ0v) is 12.4. The van der Waals surface area contributed by atoms with Gasteiger partial charge in [-0.15, -0.1) is 0 Å². The highest BCUT2D eigenvalue weighted by molar-refractivity contribution is 5.67. The molecule has 1 fully saturated rings. The normalized spacial score (nSPS) is 23.4. The van der Waals surface area contributed by atoms with Gasteiger partial charge in [-0.3, -0.25) is 0 Å². The van der Waals surface area contributed by atoms with E-state index in [1.165, 1.54) is 6.07 Å². The van der Waals surface area contributed by atoms with Gasteiger partial charge in [0.25, 0.3) is 0 Å². The minimum atomic E-state index is -4.38. The lowest BCUT2D eigenvalue weighted by atomic mass is 9.84. The predicted molar refractivity (Wildman–Crippen MR) is 81.1 cm³/mol. The fourth-order valence-electron chi connectivity index (χ4n) is 3.57. The standard InChI is InChI=1S/C18H16F3NO/c19-18(20,21)16-7-12(11-4-2-1-3-5-11)6-13-14-8-22-9-17(14)23-10-15(13)16/h1-7,14,17,22H,8-10H2/t14-,17-/m0/s1. The molecule has 120 valence electrons. The third-order valence-corrected chi connectivity index (χ3v) is 4.70. The number of ether oxygens (including phenoxy) is 1. The number of rotatable bonds is 1. The van der Waals surface area contributed by atoms with Gasteiger partial charge >= 0.3 is 6.18 Å². The van der Waals surface area contributed by atoms with E-state index in [9.17, 15) is 13.2 Å². The molecule has 0 spiro atoms. The molecule has 0 bridgehead atoms. The fourth-order valence-corrected chi connectivity index (χ4v) is 3.57. The zero-order valence-electron chi connectivity index (χ0n) is 12.4. The molecule has 0 radical (unpaired) electrons. The van der Waals surface area contributed by atoms with Crippen LogP contribution in [0.25, 0.3) is 11.1 Å². The van der Waals surface area contributed by atoms with Gasteiger partial charge in [-0.2, -0.15) is 13.2 Å². The molecular formula is C18H16F3NO. The molecule has 2 aliphatic heterocycles. The smallest absolute Gasteiger partial charge is 0.372 e. The molecule has 2 aromatic carbocycles. The van der Waals surface area contributed by atoms with E-state index in [4.69, 9.17) is 4.74 Å². The van der Waals surface area contributed by atoms with E-state index in [-0.39, 0.29) is 18.6 Å². The molecule has 2 atom stereocenters. The first-order chi connectivity index (χ1) is 11.0. The Morgan fingerprint density at radius 3 is 2.52 bits per heavy atom. The molecule has 2 aromatic rings. The number of fused-ring (bicyclic) bond motifs is 3. The third-order valence-electron chi connectivity index (χ3n) is 4.70. The van der Waals surface area contributed by atoms with Crippen molar-refractivity contribution in [3.8, 4) is 11.1 Å². The number of halogens is 3. The van der Waals surface area contributed by atoms with Crippen molar-refractivity contribution in [2.75, 3.05) is 13.1 Å². The molecule has 0 aliphatic carbocycles. The van der Waals surface area contributed by atoms with Gasteiger partial charge in [0.05, 0.1) is 18.3 Å². The highest BCUT2D eigenvalue weighted by atomic mass is 19.4. The van der Waals surface area contributed by atoms with Crippen molar-refractivity contribution in [3.05, 3.63) is 59.2 Å². The average molecular weight is 319 g/mol. The van der Waals surface area contributed by atoms with Crippen LogP contribution in [0.3, 0.4) is 0 Å². The van der Waals surface area contributed by atoms with Gasteiger partial charge in [-0.25, -0.2) is 0 Å². The van der Waals surface area contributed by atoms with Gasteiger partial charge in [0.1, 0.15) is 0 Å². The molecule has 0 saturated carbocycles. The van der Waals surface area contributed by atoms with Gasteiger partial charge in [0.2, 0.25) is 0 Å². The fraction of sp³-hybridized carbons (Fsp3) is 0.333. The summed E-state index contributed by atoms with van der Waals surface area (Å²) in [6.07, 6.45) is -4.41. The lowest BCUT2D eigenvalue weighted by Crippen LogP contribution is -2.29. The molecule has 0 aromatic heterocycles. The van der Waals surface area contributed by atoms with Crippen LogP contribution in [0.2, 0.25) is 0 Å². The Labute approximate surface area is 132 Å². The van der Waals surface area contributed by atoms with Crippen LogP contribution in [-0.4, -0.2) is 19.2 Å². The first kappa shape index (κ1) is 14.7. The minimum Gasteiger partial charge on any atom is -0.372 e. The largest absolute Gasteiger partial charge is 0.416 e. The zero-order chi connectivity index (χ0) is 16.0. The van der Waals surface area contributed by atoms with Crippen molar-refractivity contribution in [2.45, 2.75) is 24.8 Å². The van der Waals surface area contributed by atoms with Crippen LogP contribution in [0.15, 0.2) is 42.5 Å². The molecule has 1 saturated heterocycles. The van der Waals surface area contributed by atoms with Crippen LogP contribution in [0.1, 0.15) is 22.6 Å². The average Bonchev–Trinajstić information content (AvgIpc) is 3.02. The van der Waals surface area contributed by atoms with E-state index >= 15 is 0 Å². The van der Waals surface area contributed by atoms with Crippen LogP contribution in [0, 0.1) is 0 Å². The first-order valence-electron chi connectivity index (χ1n) is 7.66. The molecule has 2 nitrogen and oxygen atoms in total. The maximum Gasteiger partial charge on any atom is 0.416 e. The van der Waals surface area contributed by atoms with Crippen molar-refractivity contribution in [3.63, 3.8) is 0 Å². The van der Waals surface area contributed by atoms with Crippen molar-refractivity contribution >= 4 is 0 Å². The predicted octanol–water partition coefficient (Wildman–Crippen LogP) is 3.96. The van der Waals surface area contributed by atoms with Gasteiger partial charge in [0.15, 0.2) is 0 Å². The Bertz CT molecular complexity index is 727. The Morgan fingerprint density at radius 2 is 1.78 bits per heavy atom. The van der Waals surface area contributed by atoms with Gasteiger partial charge < -0.3 is 10.1 Å². The van der Waals surface area contributed by atoms with Crippen LogP contribution >= 0.6 is 0 Å². The molecule has 23 heavy (non-hydrogen) atoms. The Morgan fingerprint density at radius 1 is 1.00 bits per heavy atom. The molecule has 1 N–H and O–H groups in total. The molecule has 5 heteroatoms. The van der Waals surface area contributed by atoms with Crippen LogP contribution in [-0.2, 0) is 17.5 Å². The summed E-state index contributed by atoms with van der Waals surface area (Å²) in [5.41, 5.74) is 1.92. The molecule has 4 rings (SSSR count). The second-order valence-corrected chi connectivity index (χ2v) is 6.07. The van der Waals surface area contributed by atoms with Crippen LogP contribution in [0.5, 0.6) is 0 Å². The SMILES string of the molecule is FC(F)(F)c1cc(-c2ccccc2)cc2c1CO[C@H]1CNC[C@@H]21. The van der Waals surface area contributed by atoms with Gasteiger partial charge in [0, 0.05) is 19.0 Å². The van der Waals surface area contributed by atoms with E-state index in [0.29, 0.717) is 24.2 Å². The summed E-state index contributed by atoms with van der Waals surface area (Å²) in [6.45, 7) is 1.39. The summed E-state index contributed by atoms with van der Waals surface area (Å²) in [6, 6.07) is 12.4. The van der Waals surface area contributed by atoms with E-state index in [1.54, 1.807) is 0 Å². The number of nitrogens with one attached hydrogen (secondary N) is 1. The Hall–Kier alpha value is -1.85. The third kappa shape index (κ3) is 2.54. The topological polar surface area (TPSA) is 21.3 Å². The van der Waals surface area contributed by atoms with Crippen LogP contribution in [0.4, 0.5) is 13.2 Å². The minimum absolute atomic E-state index is 0.0106. The highest BCUT2D eigenvalue weighted by Gasteiger charge is 2.41. The number of hydrogen-bond donors (Lipinski definition) is 1.